The molecule has 2 aromatic carbocycles. The summed E-state index contributed by atoms with van der Waals surface area (Å²) in [7, 11) is 0. The molecule has 0 radical (unpaired) electrons. The van der Waals surface area contributed by atoms with Crippen LogP contribution in [-0.2, 0) is 9.53 Å². The number of nitro groups is 1. The van der Waals surface area contributed by atoms with Gasteiger partial charge < -0.3 is 14.5 Å². The van der Waals surface area contributed by atoms with Crippen molar-refractivity contribution in [2.75, 3.05) is 5.32 Å². The van der Waals surface area contributed by atoms with E-state index in [0.717, 1.165) is 0 Å². The number of hydrogen-bond acceptors (Lipinski definition) is 6. The van der Waals surface area contributed by atoms with E-state index in [1.54, 1.807) is 36.4 Å². The fourth-order valence-electron chi connectivity index (χ4n) is 2.50. The quantitative estimate of drug-likeness (QED) is 0.355. The van der Waals surface area contributed by atoms with Gasteiger partial charge in [-0.25, -0.2) is 4.79 Å². The number of para-hydroxylation sites is 2. The van der Waals surface area contributed by atoms with Crippen molar-refractivity contribution in [3.8, 4) is 11.3 Å². The van der Waals surface area contributed by atoms with E-state index >= 15 is 0 Å². The van der Waals surface area contributed by atoms with E-state index in [0.29, 0.717) is 16.3 Å². The molecule has 0 fully saturated rings. The van der Waals surface area contributed by atoms with Gasteiger partial charge in [-0.2, -0.15) is 0 Å². The number of nitrogens with one attached hydrogen (secondary N) is 1. The first-order valence-electron chi connectivity index (χ1n) is 8.47. The molecule has 0 saturated heterocycles. The topological polar surface area (TPSA) is 112 Å². The summed E-state index contributed by atoms with van der Waals surface area (Å²) in [6.45, 7) is 1.35. The van der Waals surface area contributed by atoms with Gasteiger partial charge in [0.2, 0.25) is 5.76 Å². The van der Waals surface area contributed by atoms with Crippen molar-refractivity contribution in [2.24, 2.45) is 0 Å². The summed E-state index contributed by atoms with van der Waals surface area (Å²) in [5.74, 6) is -1.30. The Morgan fingerprint density at radius 2 is 1.79 bits per heavy atom. The molecule has 0 spiro atoms. The first kappa shape index (κ1) is 20.1. The SMILES string of the molecule is CC(OC(=O)c1ccc(-c2ccccc2Cl)o1)C(=O)Nc1ccccc1[N+](=O)[O-]. The van der Waals surface area contributed by atoms with Crippen LogP contribution < -0.4 is 5.32 Å². The maximum absolute atomic E-state index is 12.3. The molecule has 148 valence electrons. The van der Waals surface area contributed by atoms with Crippen LogP contribution in [0.25, 0.3) is 11.3 Å². The summed E-state index contributed by atoms with van der Waals surface area (Å²) < 4.78 is 10.6. The third kappa shape index (κ3) is 4.61. The molecule has 0 aliphatic heterocycles. The van der Waals surface area contributed by atoms with Gasteiger partial charge in [-0.05, 0) is 37.3 Å². The van der Waals surface area contributed by atoms with Crippen molar-refractivity contribution in [3.63, 3.8) is 0 Å². The maximum Gasteiger partial charge on any atom is 0.375 e. The van der Waals surface area contributed by atoms with E-state index in [2.05, 4.69) is 5.32 Å². The minimum absolute atomic E-state index is 0.00408. The molecule has 3 rings (SSSR count). The number of halogens is 1. The molecule has 0 bridgehead atoms. The fraction of sp³-hybridized carbons (Fsp3) is 0.100. The first-order chi connectivity index (χ1) is 13.9. The maximum atomic E-state index is 12.3. The molecule has 29 heavy (non-hydrogen) atoms. The summed E-state index contributed by atoms with van der Waals surface area (Å²) >= 11 is 6.11. The average Bonchev–Trinajstić information content (AvgIpc) is 3.18. The zero-order chi connectivity index (χ0) is 21.0. The number of ether oxygens (including phenoxy) is 1. The zero-order valence-corrected chi connectivity index (χ0v) is 15.9. The molecule has 1 N–H and O–H groups in total. The molecule has 1 atom stereocenters. The highest BCUT2D eigenvalue weighted by molar-refractivity contribution is 6.33. The van der Waals surface area contributed by atoms with Crippen LogP contribution in [0.4, 0.5) is 11.4 Å². The van der Waals surface area contributed by atoms with Gasteiger partial charge in [0.05, 0.1) is 9.95 Å². The average molecular weight is 415 g/mol. The Kier molecular flexibility index (Phi) is 5.94. The Morgan fingerprint density at radius 3 is 2.52 bits per heavy atom. The molecule has 1 heterocycles. The molecule has 3 aromatic rings. The fourth-order valence-corrected chi connectivity index (χ4v) is 2.73. The molecule has 1 amide bonds. The third-order valence-electron chi connectivity index (χ3n) is 3.96. The number of benzene rings is 2. The van der Waals surface area contributed by atoms with Gasteiger partial charge in [-0.15, -0.1) is 0 Å². The molecular formula is C20H15ClN2O6. The Hall–Kier alpha value is -3.65. The van der Waals surface area contributed by atoms with Gasteiger partial charge >= 0.3 is 5.97 Å². The highest BCUT2D eigenvalue weighted by atomic mass is 35.5. The Labute approximate surface area is 170 Å². The van der Waals surface area contributed by atoms with Crippen molar-refractivity contribution in [1.29, 1.82) is 0 Å². The van der Waals surface area contributed by atoms with Crippen molar-refractivity contribution in [1.82, 2.24) is 0 Å². The lowest BCUT2D eigenvalue weighted by molar-refractivity contribution is -0.383. The highest BCUT2D eigenvalue weighted by Crippen LogP contribution is 2.29. The number of esters is 1. The minimum atomic E-state index is -1.21. The summed E-state index contributed by atoms with van der Waals surface area (Å²) in [6, 6.07) is 15.6. The molecule has 1 unspecified atom stereocenters. The normalized spacial score (nSPS) is 11.5. The Bertz CT molecular complexity index is 1080. The largest absolute Gasteiger partial charge is 0.449 e. The second-order valence-electron chi connectivity index (χ2n) is 5.95. The number of carbonyl (C=O) groups excluding carboxylic acids is 2. The van der Waals surface area contributed by atoms with Crippen molar-refractivity contribution < 1.29 is 23.7 Å². The predicted molar refractivity (Wildman–Crippen MR) is 106 cm³/mol. The Morgan fingerprint density at radius 1 is 1.10 bits per heavy atom. The lowest BCUT2D eigenvalue weighted by Crippen LogP contribution is -2.30. The van der Waals surface area contributed by atoms with E-state index in [9.17, 15) is 19.7 Å². The molecule has 0 aliphatic carbocycles. The van der Waals surface area contributed by atoms with E-state index in [1.165, 1.54) is 31.2 Å². The lowest BCUT2D eigenvalue weighted by Gasteiger charge is -2.12. The molecule has 1 aromatic heterocycles. The standard InChI is InChI=1S/C20H15ClN2O6/c1-12(19(24)22-15-8-4-5-9-16(15)23(26)27)28-20(25)18-11-10-17(29-18)13-6-2-3-7-14(13)21/h2-12H,1H3,(H,22,24). The monoisotopic (exact) mass is 414 g/mol. The lowest BCUT2D eigenvalue weighted by atomic mass is 10.2. The molecule has 8 nitrogen and oxygen atoms in total. The third-order valence-corrected chi connectivity index (χ3v) is 4.29. The van der Waals surface area contributed by atoms with Gasteiger partial charge in [0.1, 0.15) is 11.4 Å². The molecule has 9 heteroatoms. The van der Waals surface area contributed by atoms with Gasteiger partial charge in [-0.1, -0.05) is 35.9 Å². The second-order valence-corrected chi connectivity index (χ2v) is 6.36. The summed E-state index contributed by atoms with van der Waals surface area (Å²) in [4.78, 5) is 35.0. The highest BCUT2D eigenvalue weighted by Gasteiger charge is 2.24. The number of rotatable bonds is 6. The van der Waals surface area contributed by atoms with Crippen molar-refractivity contribution >= 4 is 34.9 Å². The summed E-state index contributed by atoms with van der Waals surface area (Å²) in [6.07, 6.45) is -1.21. The smallest absolute Gasteiger partial charge is 0.375 e. The number of nitro benzene ring substituents is 1. The van der Waals surface area contributed by atoms with Gasteiger partial charge in [0.15, 0.2) is 6.10 Å². The molecular weight excluding hydrogens is 400 g/mol. The van der Waals surface area contributed by atoms with Gasteiger partial charge in [0.25, 0.3) is 11.6 Å². The Balaban J connectivity index is 1.67. The number of furan rings is 1. The van der Waals surface area contributed by atoms with Crippen LogP contribution in [-0.4, -0.2) is 22.9 Å². The van der Waals surface area contributed by atoms with Crippen LogP contribution in [0, 0.1) is 10.1 Å². The number of amides is 1. The van der Waals surface area contributed by atoms with E-state index in [-0.39, 0.29) is 17.1 Å². The van der Waals surface area contributed by atoms with Gasteiger partial charge in [-0.3, -0.25) is 14.9 Å². The summed E-state index contributed by atoms with van der Waals surface area (Å²) in [5.41, 5.74) is 0.342. The van der Waals surface area contributed by atoms with Gasteiger partial charge in [0, 0.05) is 11.6 Å². The van der Waals surface area contributed by atoms with E-state index in [4.69, 9.17) is 20.8 Å². The van der Waals surface area contributed by atoms with Crippen LogP contribution in [0.2, 0.25) is 5.02 Å². The van der Waals surface area contributed by atoms with Crippen molar-refractivity contribution in [2.45, 2.75) is 13.0 Å². The van der Waals surface area contributed by atoms with Crippen LogP contribution >= 0.6 is 11.6 Å². The second kappa shape index (κ2) is 8.57. The number of anilines is 1. The van der Waals surface area contributed by atoms with E-state index < -0.39 is 22.9 Å². The predicted octanol–water partition coefficient (Wildman–Crippen LogP) is 4.69. The molecule has 0 saturated carbocycles. The number of carbonyl (C=O) groups is 2. The number of nitrogens with zero attached hydrogens (tertiary/aromatic N) is 1. The first-order valence-corrected chi connectivity index (χ1v) is 8.84. The van der Waals surface area contributed by atoms with Crippen LogP contribution in [0.3, 0.4) is 0 Å². The van der Waals surface area contributed by atoms with Crippen LogP contribution in [0.1, 0.15) is 17.5 Å². The minimum Gasteiger partial charge on any atom is -0.449 e. The van der Waals surface area contributed by atoms with Crippen LogP contribution in [0.5, 0.6) is 0 Å². The van der Waals surface area contributed by atoms with Crippen molar-refractivity contribution in [3.05, 3.63) is 81.6 Å². The van der Waals surface area contributed by atoms with E-state index in [1.807, 2.05) is 0 Å². The zero-order valence-electron chi connectivity index (χ0n) is 15.1. The summed E-state index contributed by atoms with van der Waals surface area (Å²) in [5, 5.41) is 13.9. The number of hydrogen-bond donors (Lipinski definition) is 1. The molecule has 0 aliphatic rings. The van der Waals surface area contributed by atoms with Crippen LogP contribution in [0.15, 0.2) is 65.1 Å².